The Balaban J connectivity index is 4.40. The molecule has 0 fully saturated rings. The molecule has 0 radical (unpaired) electrons. The monoisotopic (exact) mass is 865 g/mol. The van der Waals surface area contributed by atoms with Gasteiger partial charge in [-0.3, -0.25) is 14.4 Å². The maximum absolute atomic E-state index is 12.8. The van der Waals surface area contributed by atoms with Gasteiger partial charge in [-0.25, -0.2) is 0 Å². The van der Waals surface area contributed by atoms with E-state index in [1.165, 1.54) is 103 Å². The summed E-state index contributed by atoms with van der Waals surface area (Å²) < 4.78 is 16.8. The largest absolute Gasteiger partial charge is 0.462 e. The third-order valence-electron chi connectivity index (χ3n) is 11.0. The molecule has 0 saturated carbocycles. The lowest BCUT2D eigenvalue weighted by Gasteiger charge is -2.18. The van der Waals surface area contributed by atoms with Crippen LogP contribution >= 0.6 is 0 Å². The molecular weight excluding hydrogens is 769 g/mol. The number of hydrogen-bond acceptors (Lipinski definition) is 6. The van der Waals surface area contributed by atoms with Gasteiger partial charge in [0.2, 0.25) is 0 Å². The lowest BCUT2D eigenvalue weighted by Crippen LogP contribution is -2.30. The van der Waals surface area contributed by atoms with Gasteiger partial charge in [-0.05, 0) is 57.8 Å². The molecule has 0 N–H and O–H groups in total. The Labute approximate surface area is 382 Å². The fourth-order valence-corrected chi connectivity index (χ4v) is 7.10. The van der Waals surface area contributed by atoms with Gasteiger partial charge in [0, 0.05) is 19.3 Å². The number of rotatable bonds is 46. The van der Waals surface area contributed by atoms with Gasteiger partial charge in [-0.1, -0.05) is 241 Å². The van der Waals surface area contributed by atoms with Gasteiger partial charge in [0.1, 0.15) is 13.2 Å². The molecule has 1 atom stereocenters. The van der Waals surface area contributed by atoms with Gasteiger partial charge in [-0.15, -0.1) is 0 Å². The van der Waals surface area contributed by atoms with E-state index in [0.717, 1.165) is 103 Å². The van der Waals surface area contributed by atoms with E-state index in [4.69, 9.17) is 14.2 Å². The summed E-state index contributed by atoms with van der Waals surface area (Å²) in [6, 6.07) is 0. The summed E-state index contributed by atoms with van der Waals surface area (Å²) in [5.74, 6) is -0.923. The molecule has 0 saturated heterocycles. The molecule has 0 spiro atoms. The maximum atomic E-state index is 12.8. The van der Waals surface area contributed by atoms with E-state index >= 15 is 0 Å². The fourth-order valence-electron chi connectivity index (χ4n) is 7.10. The molecule has 0 aliphatic carbocycles. The first-order valence-electron chi connectivity index (χ1n) is 26.0. The van der Waals surface area contributed by atoms with Crippen molar-refractivity contribution in [1.29, 1.82) is 0 Å². The molecule has 62 heavy (non-hydrogen) atoms. The molecule has 6 nitrogen and oxygen atoms in total. The van der Waals surface area contributed by atoms with Crippen LogP contribution in [0.1, 0.15) is 245 Å². The smallest absolute Gasteiger partial charge is 0.306 e. The minimum atomic E-state index is -0.788. The average Bonchev–Trinajstić information content (AvgIpc) is 3.27. The number of carbonyl (C=O) groups excluding carboxylic acids is 3. The summed E-state index contributed by atoms with van der Waals surface area (Å²) >= 11 is 0. The Morgan fingerprint density at radius 1 is 0.323 bits per heavy atom. The molecule has 0 aromatic heterocycles. The predicted octanol–water partition coefficient (Wildman–Crippen LogP) is 17.0. The molecule has 356 valence electrons. The normalized spacial score (nSPS) is 12.6. The molecule has 1 unspecified atom stereocenters. The number of hydrogen-bond donors (Lipinski definition) is 0. The zero-order chi connectivity index (χ0) is 45.1. The molecular formula is C56H96O6. The zero-order valence-electron chi connectivity index (χ0n) is 40.6. The van der Waals surface area contributed by atoms with Crippen LogP contribution in [0.5, 0.6) is 0 Å². The third-order valence-corrected chi connectivity index (χ3v) is 11.0. The van der Waals surface area contributed by atoms with Gasteiger partial charge in [0.15, 0.2) is 6.10 Å². The second-order valence-electron chi connectivity index (χ2n) is 17.2. The van der Waals surface area contributed by atoms with Crippen molar-refractivity contribution in [3.8, 4) is 0 Å². The highest BCUT2D eigenvalue weighted by Gasteiger charge is 2.19. The summed E-state index contributed by atoms with van der Waals surface area (Å²) in [7, 11) is 0. The Morgan fingerprint density at radius 3 is 1.06 bits per heavy atom. The first-order valence-corrected chi connectivity index (χ1v) is 26.0. The van der Waals surface area contributed by atoms with Crippen LogP contribution < -0.4 is 0 Å². The van der Waals surface area contributed by atoms with Crippen molar-refractivity contribution in [2.45, 2.75) is 252 Å². The first-order chi connectivity index (χ1) is 30.5. The van der Waals surface area contributed by atoms with Crippen molar-refractivity contribution in [3.05, 3.63) is 72.9 Å². The minimum Gasteiger partial charge on any atom is -0.462 e. The molecule has 0 bridgehead atoms. The molecule has 0 aromatic rings. The fraction of sp³-hybridized carbons (Fsp3) is 0.732. The van der Waals surface area contributed by atoms with Crippen molar-refractivity contribution in [2.24, 2.45) is 0 Å². The second kappa shape index (κ2) is 50.5. The summed E-state index contributed by atoms with van der Waals surface area (Å²) in [5, 5.41) is 0. The quantitative estimate of drug-likeness (QED) is 0.0199. The molecule has 0 rings (SSSR count). The van der Waals surface area contributed by atoms with E-state index in [1.54, 1.807) is 0 Å². The lowest BCUT2D eigenvalue weighted by molar-refractivity contribution is -0.167. The highest BCUT2D eigenvalue weighted by atomic mass is 16.6. The van der Waals surface area contributed by atoms with Crippen molar-refractivity contribution < 1.29 is 28.6 Å². The Bertz CT molecular complexity index is 1180. The molecule has 0 heterocycles. The zero-order valence-corrected chi connectivity index (χ0v) is 40.6. The minimum absolute atomic E-state index is 0.0886. The standard InChI is InChI=1S/C56H96O6/c1-4-7-10-13-16-19-22-24-26-28-29-31-32-34-37-40-43-46-49-55(58)61-52-53(51-60-54(57)48-45-42-39-36-21-18-15-12-9-6-3)62-56(59)50-47-44-41-38-35-33-30-27-25-23-20-17-14-11-8-5-2/h10,13,15-16,18-19,22,24,26,28-29,31,53H,4-9,11-12,14,17,20-21,23,25,27,30,32-52H2,1-3H3/b13-10-,18-15-,19-16-,24-22-,28-26-,31-29-. The summed E-state index contributed by atoms with van der Waals surface area (Å²) in [6.07, 6.45) is 63.1. The number of ether oxygens (including phenoxy) is 3. The van der Waals surface area contributed by atoms with Crippen LogP contribution in [0.3, 0.4) is 0 Å². The Hall–Kier alpha value is -3.15. The molecule has 0 aromatic carbocycles. The summed E-state index contributed by atoms with van der Waals surface area (Å²) in [4.78, 5) is 37.9. The average molecular weight is 865 g/mol. The highest BCUT2D eigenvalue weighted by molar-refractivity contribution is 5.71. The van der Waals surface area contributed by atoms with Gasteiger partial charge in [-0.2, -0.15) is 0 Å². The van der Waals surface area contributed by atoms with Gasteiger partial charge in [0.25, 0.3) is 0 Å². The van der Waals surface area contributed by atoms with Crippen LogP contribution in [0.4, 0.5) is 0 Å². The molecule has 0 amide bonds. The first kappa shape index (κ1) is 58.9. The molecule has 0 aliphatic rings. The number of allylic oxidation sites excluding steroid dienone is 12. The number of unbranched alkanes of at least 4 members (excludes halogenated alkanes) is 27. The Kier molecular flexibility index (Phi) is 47.9. The number of esters is 3. The summed E-state index contributed by atoms with van der Waals surface area (Å²) in [6.45, 7) is 6.48. The number of carbonyl (C=O) groups is 3. The van der Waals surface area contributed by atoms with E-state index < -0.39 is 6.10 Å². The van der Waals surface area contributed by atoms with E-state index in [9.17, 15) is 14.4 Å². The SMILES string of the molecule is CCC\C=C/C=C\C=C/C=C\C=C/CCCCCCCC(=O)OCC(COC(=O)CCCCCC/C=C\CCCC)OC(=O)CCCCCCCCCCCCCCCCCC. The van der Waals surface area contributed by atoms with Gasteiger partial charge >= 0.3 is 17.9 Å². The van der Waals surface area contributed by atoms with Crippen molar-refractivity contribution >= 4 is 17.9 Å². The molecule has 0 aliphatic heterocycles. The van der Waals surface area contributed by atoms with Crippen molar-refractivity contribution in [1.82, 2.24) is 0 Å². The van der Waals surface area contributed by atoms with Crippen LogP contribution in [-0.2, 0) is 28.6 Å². The van der Waals surface area contributed by atoms with E-state index in [2.05, 4.69) is 69.4 Å². The third kappa shape index (κ3) is 47.9. The van der Waals surface area contributed by atoms with E-state index in [-0.39, 0.29) is 31.1 Å². The van der Waals surface area contributed by atoms with Crippen LogP contribution in [0.15, 0.2) is 72.9 Å². The topological polar surface area (TPSA) is 78.9 Å². The molecule has 6 heteroatoms. The second-order valence-corrected chi connectivity index (χ2v) is 17.2. The van der Waals surface area contributed by atoms with Gasteiger partial charge in [0.05, 0.1) is 0 Å². The summed E-state index contributed by atoms with van der Waals surface area (Å²) in [5.41, 5.74) is 0. The van der Waals surface area contributed by atoms with E-state index in [1.807, 2.05) is 24.3 Å². The van der Waals surface area contributed by atoms with Crippen molar-refractivity contribution in [2.75, 3.05) is 13.2 Å². The van der Waals surface area contributed by atoms with E-state index in [0.29, 0.717) is 19.3 Å². The Morgan fingerprint density at radius 2 is 0.645 bits per heavy atom. The van der Waals surface area contributed by atoms with Crippen LogP contribution in [0.2, 0.25) is 0 Å². The predicted molar refractivity (Wildman–Crippen MR) is 265 cm³/mol. The van der Waals surface area contributed by atoms with Crippen molar-refractivity contribution in [3.63, 3.8) is 0 Å². The van der Waals surface area contributed by atoms with Crippen LogP contribution in [0, 0.1) is 0 Å². The lowest BCUT2D eigenvalue weighted by atomic mass is 10.0. The van der Waals surface area contributed by atoms with Crippen LogP contribution in [0.25, 0.3) is 0 Å². The highest BCUT2D eigenvalue weighted by Crippen LogP contribution is 2.15. The van der Waals surface area contributed by atoms with Crippen LogP contribution in [-0.4, -0.2) is 37.2 Å². The maximum Gasteiger partial charge on any atom is 0.306 e. The van der Waals surface area contributed by atoms with Gasteiger partial charge < -0.3 is 14.2 Å².